The van der Waals surface area contributed by atoms with E-state index in [0.717, 1.165) is 10.2 Å². The van der Waals surface area contributed by atoms with Crippen molar-refractivity contribution in [2.45, 2.75) is 13.0 Å². The highest BCUT2D eigenvalue weighted by molar-refractivity contribution is 9.10. The second-order valence-corrected chi connectivity index (χ2v) is 5.74. The van der Waals surface area contributed by atoms with Gasteiger partial charge >= 0.3 is 0 Å². The molecule has 0 heterocycles. The summed E-state index contributed by atoms with van der Waals surface area (Å²) in [6.07, 6.45) is 0. The Bertz CT molecular complexity index is 689. The van der Waals surface area contributed by atoms with Crippen LogP contribution >= 0.6 is 15.9 Å². The van der Waals surface area contributed by atoms with Gasteiger partial charge in [0, 0.05) is 22.8 Å². The fourth-order valence-electron chi connectivity index (χ4n) is 2.05. The fourth-order valence-corrected chi connectivity index (χ4v) is 2.31. The van der Waals surface area contributed by atoms with Crippen LogP contribution in [0.3, 0.4) is 0 Å². The standard InChI is InChI=1S/C17H15BrN2O/c1-12(17(21)14-6-8-15(18)9-7-14)20(2)16-5-3-4-13(10-16)11-19/h3-10,12H,1-2H3. The normalized spacial score (nSPS) is 11.5. The summed E-state index contributed by atoms with van der Waals surface area (Å²) in [4.78, 5) is 14.4. The minimum Gasteiger partial charge on any atom is -0.364 e. The molecule has 21 heavy (non-hydrogen) atoms. The third kappa shape index (κ3) is 3.50. The van der Waals surface area contributed by atoms with Gasteiger partial charge in [-0.05, 0) is 37.3 Å². The van der Waals surface area contributed by atoms with E-state index in [2.05, 4.69) is 22.0 Å². The first-order valence-corrected chi connectivity index (χ1v) is 7.35. The first-order valence-electron chi connectivity index (χ1n) is 6.55. The molecule has 0 radical (unpaired) electrons. The summed E-state index contributed by atoms with van der Waals surface area (Å²) in [5.74, 6) is 0.0485. The number of nitrogens with zero attached hydrogens (tertiary/aromatic N) is 2. The third-order valence-corrected chi connectivity index (χ3v) is 4.00. The monoisotopic (exact) mass is 342 g/mol. The van der Waals surface area contributed by atoms with Gasteiger partial charge in [0.1, 0.15) is 0 Å². The summed E-state index contributed by atoms with van der Waals surface area (Å²) in [7, 11) is 1.86. The number of carbonyl (C=O) groups excluding carboxylic acids is 1. The molecule has 0 N–H and O–H groups in total. The Morgan fingerprint density at radius 2 is 1.90 bits per heavy atom. The van der Waals surface area contributed by atoms with Crippen molar-refractivity contribution in [1.29, 1.82) is 5.26 Å². The average Bonchev–Trinajstić information content (AvgIpc) is 2.53. The third-order valence-electron chi connectivity index (χ3n) is 3.47. The Hall–Kier alpha value is -2.12. The molecule has 2 aromatic carbocycles. The highest BCUT2D eigenvalue weighted by atomic mass is 79.9. The molecule has 0 fully saturated rings. The molecule has 0 saturated heterocycles. The molecule has 1 atom stereocenters. The summed E-state index contributed by atoms with van der Waals surface area (Å²) in [6.45, 7) is 1.86. The van der Waals surface area contributed by atoms with Crippen molar-refractivity contribution in [2.75, 3.05) is 11.9 Å². The zero-order valence-electron chi connectivity index (χ0n) is 11.9. The molecule has 0 saturated carbocycles. The lowest BCUT2D eigenvalue weighted by Gasteiger charge is -2.26. The van der Waals surface area contributed by atoms with Crippen LogP contribution in [0.2, 0.25) is 0 Å². The van der Waals surface area contributed by atoms with Crippen LogP contribution in [0.5, 0.6) is 0 Å². The summed E-state index contributed by atoms with van der Waals surface area (Å²) < 4.78 is 0.946. The van der Waals surface area contributed by atoms with Gasteiger partial charge in [0.2, 0.25) is 0 Å². The highest BCUT2D eigenvalue weighted by Gasteiger charge is 2.20. The molecule has 2 aromatic rings. The molecule has 106 valence electrons. The van der Waals surface area contributed by atoms with Crippen LogP contribution in [-0.4, -0.2) is 18.9 Å². The molecule has 0 amide bonds. The van der Waals surface area contributed by atoms with Crippen molar-refractivity contribution in [2.24, 2.45) is 0 Å². The van der Waals surface area contributed by atoms with E-state index in [-0.39, 0.29) is 11.8 Å². The number of nitriles is 1. The summed E-state index contributed by atoms with van der Waals surface area (Å²) >= 11 is 3.36. The number of carbonyl (C=O) groups is 1. The molecule has 4 heteroatoms. The van der Waals surface area contributed by atoms with Crippen LogP contribution < -0.4 is 4.90 Å². The van der Waals surface area contributed by atoms with Gasteiger partial charge in [-0.3, -0.25) is 4.79 Å². The molecular weight excluding hydrogens is 328 g/mol. The number of Topliss-reactive ketones (excluding diaryl/α,β-unsaturated/α-hetero) is 1. The second-order valence-electron chi connectivity index (χ2n) is 4.82. The number of rotatable bonds is 4. The number of benzene rings is 2. The number of anilines is 1. The summed E-state index contributed by atoms with van der Waals surface area (Å²) in [5, 5.41) is 8.96. The highest BCUT2D eigenvalue weighted by Crippen LogP contribution is 2.19. The Kier molecular flexibility index (Phi) is 4.77. The Morgan fingerprint density at radius 1 is 1.24 bits per heavy atom. The fraction of sp³-hybridized carbons (Fsp3) is 0.176. The number of likely N-dealkylation sites (N-methyl/N-ethyl adjacent to an activating group) is 1. The molecule has 0 aromatic heterocycles. The minimum atomic E-state index is -0.305. The lowest BCUT2D eigenvalue weighted by molar-refractivity contribution is 0.0966. The predicted molar refractivity (Wildman–Crippen MR) is 87.5 cm³/mol. The van der Waals surface area contributed by atoms with Crippen LogP contribution in [0.15, 0.2) is 53.0 Å². The first kappa shape index (κ1) is 15.3. The van der Waals surface area contributed by atoms with Crippen LogP contribution in [-0.2, 0) is 0 Å². The van der Waals surface area contributed by atoms with Gasteiger partial charge in [-0.15, -0.1) is 0 Å². The van der Waals surface area contributed by atoms with Gasteiger partial charge in [-0.25, -0.2) is 0 Å². The van der Waals surface area contributed by atoms with E-state index < -0.39 is 0 Å². The van der Waals surface area contributed by atoms with Crippen molar-refractivity contribution in [1.82, 2.24) is 0 Å². The SMILES string of the molecule is CC(C(=O)c1ccc(Br)cc1)N(C)c1cccc(C#N)c1. The predicted octanol–water partition coefficient (Wildman–Crippen LogP) is 4.03. The maximum Gasteiger partial charge on any atom is 0.184 e. The van der Waals surface area contributed by atoms with E-state index >= 15 is 0 Å². The van der Waals surface area contributed by atoms with Crippen molar-refractivity contribution < 1.29 is 4.79 Å². The van der Waals surface area contributed by atoms with Crippen molar-refractivity contribution >= 4 is 27.4 Å². The zero-order chi connectivity index (χ0) is 15.4. The van der Waals surface area contributed by atoms with Gasteiger partial charge in [0.05, 0.1) is 17.7 Å². The van der Waals surface area contributed by atoms with Gasteiger partial charge in [0.15, 0.2) is 5.78 Å². The Balaban J connectivity index is 2.22. The van der Waals surface area contributed by atoms with E-state index in [1.807, 2.05) is 55.3 Å². The molecular formula is C17H15BrN2O. The van der Waals surface area contributed by atoms with Crippen molar-refractivity contribution in [3.05, 3.63) is 64.1 Å². The molecule has 0 aliphatic heterocycles. The van der Waals surface area contributed by atoms with E-state index in [1.165, 1.54) is 0 Å². The molecule has 1 unspecified atom stereocenters. The van der Waals surface area contributed by atoms with E-state index in [0.29, 0.717) is 11.1 Å². The molecule has 0 spiro atoms. The average molecular weight is 343 g/mol. The smallest absolute Gasteiger partial charge is 0.184 e. The number of ketones is 1. The second kappa shape index (κ2) is 6.55. The van der Waals surface area contributed by atoms with Gasteiger partial charge in [0.25, 0.3) is 0 Å². The van der Waals surface area contributed by atoms with E-state index in [9.17, 15) is 4.79 Å². The maximum absolute atomic E-state index is 12.5. The lowest BCUT2D eigenvalue weighted by Crippen LogP contribution is -2.36. The number of hydrogen-bond donors (Lipinski definition) is 0. The largest absolute Gasteiger partial charge is 0.364 e. The van der Waals surface area contributed by atoms with Crippen LogP contribution in [0.4, 0.5) is 5.69 Å². The van der Waals surface area contributed by atoms with Crippen LogP contribution in [0.25, 0.3) is 0 Å². The van der Waals surface area contributed by atoms with Crippen LogP contribution in [0.1, 0.15) is 22.8 Å². The van der Waals surface area contributed by atoms with Gasteiger partial charge < -0.3 is 4.90 Å². The maximum atomic E-state index is 12.5. The van der Waals surface area contributed by atoms with Gasteiger partial charge in [-0.1, -0.05) is 34.1 Å². The molecule has 3 nitrogen and oxygen atoms in total. The Labute approximate surface area is 132 Å². The topological polar surface area (TPSA) is 44.1 Å². The van der Waals surface area contributed by atoms with Crippen LogP contribution in [0, 0.1) is 11.3 Å². The summed E-state index contributed by atoms with van der Waals surface area (Å²) in [5.41, 5.74) is 2.11. The Morgan fingerprint density at radius 3 is 2.52 bits per heavy atom. The van der Waals surface area contributed by atoms with Crippen molar-refractivity contribution in [3.63, 3.8) is 0 Å². The lowest BCUT2D eigenvalue weighted by atomic mass is 10.0. The molecule has 0 aliphatic rings. The quantitative estimate of drug-likeness (QED) is 0.788. The first-order chi connectivity index (χ1) is 10.0. The zero-order valence-corrected chi connectivity index (χ0v) is 13.5. The van der Waals surface area contributed by atoms with E-state index in [4.69, 9.17) is 5.26 Å². The van der Waals surface area contributed by atoms with E-state index in [1.54, 1.807) is 12.1 Å². The number of halogens is 1. The molecule has 0 bridgehead atoms. The summed E-state index contributed by atoms with van der Waals surface area (Å²) in [6, 6.07) is 16.4. The van der Waals surface area contributed by atoms with Crippen molar-refractivity contribution in [3.8, 4) is 6.07 Å². The van der Waals surface area contributed by atoms with Gasteiger partial charge in [-0.2, -0.15) is 5.26 Å². The molecule has 0 aliphatic carbocycles. The number of hydrogen-bond acceptors (Lipinski definition) is 3. The molecule has 2 rings (SSSR count). The minimum absolute atomic E-state index is 0.0485.